The summed E-state index contributed by atoms with van der Waals surface area (Å²) in [4.78, 5) is 48.7. The van der Waals surface area contributed by atoms with E-state index in [0.29, 0.717) is 50.2 Å². The van der Waals surface area contributed by atoms with Gasteiger partial charge in [-0.05, 0) is 167 Å². The maximum absolute atomic E-state index is 13.5. The summed E-state index contributed by atoms with van der Waals surface area (Å²) in [6, 6.07) is 40.8. The minimum absolute atomic E-state index is 0.0719. The monoisotopic (exact) mass is 1540 g/mol. The summed E-state index contributed by atoms with van der Waals surface area (Å²) in [5.74, 6) is 9.63. The Bertz CT molecular complexity index is 5070. The maximum Gasteiger partial charge on any atom is 0.223 e. The molecule has 25 nitrogen and oxygen atoms in total. The molecule has 0 spiro atoms. The molecule has 9 N–H and O–H groups in total. The van der Waals surface area contributed by atoms with Gasteiger partial charge in [0.05, 0.1) is 30.4 Å². The predicted octanol–water partition coefficient (Wildman–Crippen LogP) is 18.0. The first kappa shape index (κ1) is 72.7. The molecule has 31 heteroatoms. The second-order valence-electron chi connectivity index (χ2n) is 28.5. The van der Waals surface area contributed by atoms with Crippen molar-refractivity contribution in [3.8, 4) is 6.07 Å². The Labute approximate surface area is 647 Å². The maximum atomic E-state index is 13.5. The molecule has 4 saturated heterocycles. The number of anilines is 13. The van der Waals surface area contributed by atoms with Crippen molar-refractivity contribution < 1.29 is 13.2 Å². The molecular weight excluding hydrogens is 1460 g/mol. The lowest BCUT2D eigenvalue weighted by molar-refractivity contribution is 0.622. The predicted molar refractivity (Wildman–Crippen MR) is 422 cm³/mol. The van der Waals surface area contributed by atoms with Gasteiger partial charge in [0.25, 0.3) is 0 Å². The highest BCUT2D eigenvalue weighted by molar-refractivity contribution is 7.16. The lowest BCUT2D eigenvalue weighted by atomic mass is 9.99. The fourth-order valence-electron chi connectivity index (χ4n) is 15.0. The van der Waals surface area contributed by atoms with Crippen molar-refractivity contribution in [1.29, 1.82) is 5.26 Å². The number of aromatic amines is 3. The molecule has 562 valence electrons. The number of nitriles is 1. The third-order valence-electron chi connectivity index (χ3n) is 20.8. The summed E-state index contributed by atoms with van der Waals surface area (Å²) in [6.45, 7) is 5.54. The van der Waals surface area contributed by atoms with Crippen LogP contribution in [-0.4, -0.2) is 102 Å². The number of nitrogen functional groups attached to an aromatic ring is 1. The van der Waals surface area contributed by atoms with Crippen LogP contribution in [0.15, 0.2) is 153 Å². The van der Waals surface area contributed by atoms with Gasteiger partial charge in [0.1, 0.15) is 93.9 Å². The molecule has 4 aromatic carbocycles. The molecule has 3 saturated carbocycles. The molecule has 7 aliphatic rings. The number of thiazole rings is 1. The van der Waals surface area contributed by atoms with E-state index >= 15 is 0 Å². The molecule has 8 aromatic heterocycles. The van der Waals surface area contributed by atoms with Crippen molar-refractivity contribution in [3.05, 3.63) is 230 Å². The van der Waals surface area contributed by atoms with Gasteiger partial charge in [-0.2, -0.15) is 30.5 Å². The lowest BCUT2D eigenvalue weighted by Crippen LogP contribution is -2.24. The highest BCUT2D eigenvalue weighted by Crippen LogP contribution is 2.46. The first-order chi connectivity index (χ1) is 53.7. The minimum Gasteiger partial charge on any atom is -0.368 e. The summed E-state index contributed by atoms with van der Waals surface area (Å²) >= 11 is 14.0. The number of nitrogens with zero attached hydrogens (tertiary/aromatic N) is 17. The van der Waals surface area contributed by atoms with Crippen LogP contribution in [0, 0.1) is 35.7 Å². The fourth-order valence-corrected chi connectivity index (χ4v) is 16.2. The molecular formula is C79H80Cl2F3N25S. The number of hydrogen-bond acceptors (Lipinski definition) is 23. The van der Waals surface area contributed by atoms with Gasteiger partial charge in [-0.1, -0.05) is 77.0 Å². The summed E-state index contributed by atoms with van der Waals surface area (Å²) < 4.78 is 40.2. The van der Waals surface area contributed by atoms with Gasteiger partial charge in [0.15, 0.2) is 22.6 Å². The van der Waals surface area contributed by atoms with E-state index in [2.05, 4.69) is 135 Å². The zero-order chi connectivity index (χ0) is 75.2. The van der Waals surface area contributed by atoms with Gasteiger partial charge in [-0.25, -0.2) is 48.1 Å². The fraction of sp³-hybridized carbons (Fsp3) is 0.329. The van der Waals surface area contributed by atoms with E-state index in [-0.39, 0.29) is 47.6 Å². The highest BCUT2D eigenvalue weighted by Gasteiger charge is 2.35. The molecule has 4 atom stereocenters. The van der Waals surface area contributed by atoms with Crippen molar-refractivity contribution in [2.45, 2.75) is 139 Å². The van der Waals surface area contributed by atoms with Crippen LogP contribution < -0.4 is 46.6 Å². The number of aromatic nitrogens is 15. The van der Waals surface area contributed by atoms with Crippen LogP contribution in [0.4, 0.5) is 88.2 Å². The van der Waals surface area contributed by atoms with Gasteiger partial charge in [-0.15, -0.1) is 0 Å². The average molecular weight is 1540 g/mol. The Morgan fingerprint density at radius 1 is 0.445 bits per heavy atom. The Hall–Kier alpha value is -11.5. The van der Waals surface area contributed by atoms with Gasteiger partial charge in [0, 0.05) is 114 Å². The van der Waals surface area contributed by atoms with E-state index in [0.717, 1.165) is 157 Å². The number of benzene rings is 4. The molecule has 110 heavy (non-hydrogen) atoms. The molecule has 3 aliphatic carbocycles. The number of rotatable bonds is 19. The molecule has 12 aromatic rings. The molecule has 0 amide bonds. The van der Waals surface area contributed by atoms with E-state index in [9.17, 15) is 13.2 Å². The first-order valence-corrected chi connectivity index (χ1v) is 38.8. The number of nitrogens with two attached hydrogens (primary N) is 1. The van der Waals surface area contributed by atoms with Crippen molar-refractivity contribution in [2.24, 2.45) is 0 Å². The Morgan fingerprint density at radius 2 is 0.882 bits per heavy atom. The van der Waals surface area contributed by atoms with Crippen LogP contribution in [0.2, 0.25) is 10.0 Å². The smallest absolute Gasteiger partial charge is 0.223 e. The number of nitrogens with one attached hydrogen (secondary N) is 7. The number of hydrogen-bond donors (Lipinski definition) is 8. The SMILES string of the molecule is Cc1cc(F)ccc1C1CCCN1c1cc(Nc2cc(C3CC3)[nH]n2)ncn1.Fc1ccc(C2CCCN2c2cc(Nc3cc(C4CC4)[nH]n3)ncn2)c(Cl)c1.N#Cc1cnc(Nc2cc(N3CCCC3c3ccc(F)cc3)ncn2)s1.Nc1nc(Nc2cc(C3CC3)[nH]n2)cc(N2CCCC2c2ccccc2Cl)n1. The summed E-state index contributed by atoms with van der Waals surface area (Å²) in [7, 11) is 0. The summed E-state index contributed by atoms with van der Waals surface area (Å²) in [5.41, 5.74) is 14.8. The van der Waals surface area contributed by atoms with Crippen LogP contribution >= 0.6 is 34.5 Å². The lowest BCUT2D eigenvalue weighted by Gasteiger charge is -2.27. The van der Waals surface area contributed by atoms with Crippen molar-refractivity contribution in [3.63, 3.8) is 0 Å². The van der Waals surface area contributed by atoms with E-state index in [1.807, 2.05) is 79.7 Å². The van der Waals surface area contributed by atoms with E-state index in [1.165, 1.54) is 104 Å². The number of halogens is 5. The molecule has 0 radical (unpaired) electrons. The van der Waals surface area contributed by atoms with E-state index in [4.69, 9.17) is 34.2 Å². The zero-order valence-corrected chi connectivity index (χ0v) is 62.5. The Kier molecular flexibility index (Phi) is 21.7. The Balaban J connectivity index is 0.000000111. The second kappa shape index (κ2) is 32.8. The molecule has 0 bridgehead atoms. The summed E-state index contributed by atoms with van der Waals surface area (Å²) in [6.07, 6.45) is 21.8. The topological polar surface area (TPSA) is 313 Å². The van der Waals surface area contributed by atoms with Crippen molar-refractivity contribution in [2.75, 3.05) is 72.8 Å². The van der Waals surface area contributed by atoms with Gasteiger partial charge in [-0.3, -0.25) is 15.3 Å². The average Bonchev–Trinajstić information content (AvgIpc) is 1.58. The number of aryl methyl sites for hydroxylation is 1. The summed E-state index contributed by atoms with van der Waals surface area (Å²) in [5, 5.41) is 45.9. The second-order valence-corrected chi connectivity index (χ2v) is 30.3. The molecule has 7 fully saturated rings. The van der Waals surface area contributed by atoms with Crippen molar-refractivity contribution in [1.82, 2.24) is 75.4 Å². The molecule has 4 unspecified atom stereocenters. The Morgan fingerprint density at radius 3 is 1.37 bits per heavy atom. The van der Waals surface area contributed by atoms with Crippen LogP contribution in [-0.2, 0) is 0 Å². The van der Waals surface area contributed by atoms with Gasteiger partial charge < -0.3 is 46.6 Å². The molecule has 4 aliphatic heterocycles. The van der Waals surface area contributed by atoms with Crippen molar-refractivity contribution >= 4 is 110 Å². The molecule has 19 rings (SSSR count). The zero-order valence-electron chi connectivity index (χ0n) is 60.2. The van der Waals surface area contributed by atoms with E-state index in [1.54, 1.807) is 30.9 Å². The van der Waals surface area contributed by atoms with Crippen LogP contribution in [0.5, 0.6) is 0 Å². The highest BCUT2D eigenvalue weighted by atomic mass is 35.5. The molecule has 12 heterocycles. The quantitative estimate of drug-likeness (QED) is 0.0373. The third kappa shape index (κ3) is 17.5. The van der Waals surface area contributed by atoms with E-state index < -0.39 is 0 Å². The standard InChI is InChI=1S/C21H23FN6.C20H20ClFN6.C20H22ClN7.C18H15FN6S/c1-13-9-15(22)6-7-16(13)18-3-2-8-28(18)21-11-19(23-12-24-21)25-20-10-17(26-27-20)14-4-5-14;21-15-8-13(22)5-6-14(15)17-2-1-7-28(17)20-10-18(23-11-24-20)25-19-9-16(26-27-19)12-3-4-12;21-14-5-2-1-4-13(14)16-6-3-9-28(16)19-11-17(24-20(22)25-19)23-18-10-15(26-27-18)12-7-8-12;19-13-5-3-12(4-6-13)15-2-1-7-25(15)17-8-16(22-11-23-17)24-18-21-10-14(9-20)26-18/h6-7,9-12,14,18H,2-5,8H2,1H3,(H2,23,24,25,26,27);5-6,8-12,17H,1-4,7H2,(H2,23,24,25,26,27);1-2,4-5,10-12,16H,3,6-9H2,(H4,22,23,24,25,26,27);3-6,8,10-11,15H,1-2,7H2,(H,21,22,23,24). The number of H-pyrrole nitrogens is 3. The van der Waals surface area contributed by atoms with Crippen LogP contribution in [0.3, 0.4) is 0 Å². The third-order valence-corrected chi connectivity index (χ3v) is 22.3. The van der Waals surface area contributed by atoms with Crippen LogP contribution in [0.1, 0.15) is 182 Å². The largest absolute Gasteiger partial charge is 0.368 e. The normalized spacial score (nSPS) is 18.6. The minimum atomic E-state index is -0.323. The van der Waals surface area contributed by atoms with Crippen LogP contribution in [0.25, 0.3) is 0 Å². The van der Waals surface area contributed by atoms with Gasteiger partial charge >= 0.3 is 0 Å². The first-order valence-electron chi connectivity index (χ1n) is 37.2. The van der Waals surface area contributed by atoms with Gasteiger partial charge in [0.2, 0.25) is 5.95 Å².